The van der Waals surface area contributed by atoms with Crippen molar-refractivity contribution < 1.29 is 14.2 Å². The highest BCUT2D eigenvalue weighted by Gasteiger charge is 2.18. The highest BCUT2D eigenvalue weighted by molar-refractivity contribution is 9.10. The molecular weight excluding hydrogens is 474 g/mol. The Balaban J connectivity index is 2.12. The molecule has 0 amide bonds. The number of fused-ring (bicyclic) bond motifs is 3. The maximum atomic E-state index is 5.55. The lowest BCUT2D eigenvalue weighted by molar-refractivity contribution is 0.324. The smallest absolute Gasteiger partial charge is 0.203 e. The Morgan fingerprint density at radius 1 is 0.667 bits per heavy atom. The molecule has 0 aliphatic heterocycles. The molecule has 6 heteroatoms. The van der Waals surface area contributed by atoms with Crippen molar-refractivity contribution in [2.75, 3.05) is 21.3 Å². The average Bonchev–Trinajstić information content (AvgIpc) is 2.99. The van der Waals surface area contributed by atoms with E-state index in [1.54, 1.807) is 21.3 Å². The van der Waals surface area contributed by atoms with Crippen LogP contribution in [0, 0.1) is 0 Å². The molecule has 1 aromatic heterocycles. The first-order valence-electron chi connectivity index (χ1n) is 8.27. The first kappa shape index (κ1) is 18.2. The van der Waals surface area contributed by atoms with Crippen LogP contribution in [-0.2, 0) is 0 Å². The predicted molar refractivity (Wildman–Crippen MR) is 116 cm³/mol. The molecule has 4 nitrogen and oxygen atoms in total. The predicted octanol–water partition coefficient (Wildman–Crippen LogP) is 6.33. The molecule has 0 atom stereocenters. The Labute approximate surface area is 173 Å². The van der Waals surface area contributed by atoms with Crippen LogP contribution in [0.4, 0.5) is 0 Å². The van der Waals surface area contributed by atoms with Crippen molar-refractivity contribution in [3.8, 4) is 22.9 Å². The van der Waals surface area contributed by atoms with Crippen LogP contribution < -0.4 is 14.2 Å². The minimum absolute atomic E-state index is 0.579. The van der Waals surface area contributed by atoms with E-state index in [4.69, 9.17) is 14.2 Å². The van der Waals surface area contributed by atoms with E-state index in [2.05, 4.69) is 60.7 Å². The van der Waals surface area contributed by atoms with E-state index in [0.29, 0.717) is 17.2 Å². The van der Waals surface area contributed by atoms with E-state index < -0.39 is 0 Å². The third-order valence-electron chi connectivity index (χ3n) is 4.60. The molecule has 0 saturated carbocycles. The van der Waals surface area contributed by atoms with Crippen LogP contribution in [0.15, 0.2) is 57.5 Å². The van der Waals surface area contributed by atoms with Crippen molar-refractivity contribution in [2.45, 2.75) is 0 Å². The number of benzene rings is 3. The van der Waals surface area contributed by atoms with Gasteiger partial charge in [-0.2, -0.15) is 0 Å². The molecule has 27 heavy (non-hydrogen) atoms. The Morgan fingerprint density at radius 2 is 1.15 bits per heavy atom. The molecule has 1 heterocycles. The summed E-state index contributed by atoms with van der Waals surface area (Å²) in [5.74, 6) is 1.82. The van der Waals surface area contributed by atoms with E-state index in [-0.39, 0.29) is 0 Å². The Hall–Kier alpha value is -2.18. The summed E-state index contributed by atoms with van der Waals surface area (Å²) in [7, 11) is 4.86. The summed E-state index contributed by atoms with van der Waals surface area (Å²) in [6.45, 7) is 0. The molecule has 0 fully saturated rings. The van der Waals surface area contributed by atoms with E-state index in [0.717, 1.165) is 36.4 Å². The zero-order valence-electron chi connectivity index (χ0n) is 15.0. The van der Waals surface area contributed by atoms with Gasteiger partial charge in [0.25, 0.3) is 0 Å². The third-order valence-corrected chi connectivity index (χ3v) is 5.58. The number of nitrogens with zero attached hydrogens (tertiary/aromatic N) is 1. The molecule has 0 spiro atoms. The summed E-state index contributed by atoms with van der Waals surface area (Å²) in [4.78, 5) is 0. The summed E-state index contributed by atoms with van der Waals surface area (Å²) in [5, 5.41) is 2.32. The maximum absolute atomic E-state index is 5.55. The number of halogens is 2. The second-order valence-corrected chi connectivity index (χ2v) is 7.87. The van der Waals surface area contributed by atoms with Gasteiger partial charge in [0, 0.05) is 31.9 Å². The fourth-order valence-corrected chi connectivity index (χ4v) is 4.16. The van der Waals surface area contributed by atoms with Crippen molar-refractivity contribution in [3.05, 3.63) is 57.5 Å². The van der Waals surface area contributed by atoms with Gasteiger partial charge in [0.15, 0.2) is 11.5 Å². The fraction of sp³-hybridized carbons (Fsp3) is 0.143. The quantitative estimate of drug-likeness (QED) is 0.335. The van der Waals surface area contributed by atoms with Gasteiger partial charge in [0.1, 0.15) is 0 Å². The zero-order valence-corrected chi connectivity index (χ0v) is 18.2. The molecule has 0 bridgehead atoms. The summed E-state index contributed by atoms with van der Waals surface area (Å²) in [6, 6.07) is 16.5. The zero-order chi connectivity index (χ0) is 19.1. The van der Waals surface area contributed by atoms with Gasteiger partial charge in [0.2, 0.25) is 5.75 Å². The first-order chi connectivity index (χ1) is 13.1. The molecule has 0 unspecified atom stereocenters. The number of aromatic nitrogens is 1. The molecule has 0 N–H and O–H groups in total. The monoisotopic (exact) mass is 489 g/mol. The van der Waals surface area contributed by atoms with E-state index in [9.17, 15) is 0 Å². The summed E-state index contributed by atoms with van der Waals surface area (Å²) < 4.78 is 20.8. The molecule has 0 saturated heterocycles. The largest absolute Gasteiger partial charge is 0.493 e. The fourth-order valence-electron chi connectivity index (χ4n) is 3.44. The Bertz CT molecular complexity index is 1080. The molecular formula is C21H17Br2NO3. The Morgan fingerprint density at radius 3 is 1.56 bits per heavy atom. The van der Waals surface area contributed by atoms with E-state index >= 15 is 0 Å². The van der Waals surface area contributed by atoms with Crippen LogP contribution in [-0.4, -0.2) is 25.9 Å². The second-order valence-electron chi connectivity index (χ2n) is 6.04. The highest BCUT2D eigenvalue weighted by Crippen LogP contribution is 2.42. The van der Waals surface area contributed by atoms with Gasteiger partial charge < -0.3 is 18.8 Å². The first-order valence-corrected chi connectivity index (χ1v) is 9.85. The van der Waals surface area contributed by atoms with Crippen LogP contribution in [0.1, 0.15) is 0 Å². The van der Waals surface area contributed by atoms with Crippen molar-refractivity contribution in [2.24, 2.45) is 0 Å². The minimum atomic E-state index is 0.579. The molecule has 3 aromatic carbocycles. The van der Waals surface area contributed by atoms with Crippen molar-refractivity contribution in [1.29, 1.82) is 0 Å². The average molecular weight is 491 g/mol. The van der Waals surface area contributed by atoms with Gasteiger partial charge >= 0.3 is 0 Å². The van der Waals surface area contributed by atoms with Gasteiger partial charge in [-0.1, -0.05) is 31.9 Å². The summed E-state index contributed by atoms with van der Waals surface area (Å²) in [6.07, 6.45) is 0. The second kappa shape index (κ2) is 7.09. The minimum Gasteiger partial charge on any atom is -0.493 e. The SMILES string of the molecule is COc1cc(-n2c3ccc(Br)cc3c3cc(Br)ccc32)cc(OC)c1OC. The Kier molecular flexibility index (Phi) is 4.78. The van der Waals surface area contributed by atoms with Gasteiger partial charge in [-0.25, -0.2) is 0 Å². The lowest BCUT2D eigenvalue weighted by Gasteiger charge is -2.16. The van der Waals surface area contributed by atoms with Gasteiger partial charge in [-0.15, -0.1) is 0 Å². The molecule has 0 aliphatic rings. The number of hydrogen-bond donors (Lipinski definition) is 0. The summed E-state index contributed by atoms with van der Waals surface area (Å²) >= 11 is 7.18. The van der Waals surface area contributed by atoms with Crippen molar-refractivity contribution in [1.82, 2.24) is 4.57 Å². The number of hydrogen-bond acceptors (Lipinski definition) is 3. The van der Waals surface area contributed by atoms with Crippen LogP contribution in [0.3, 0.4) is 0 Å². The standard InChI is InChI=1S/C21H17Br2NO3/c1-25-19-10-14(11-20(26-2)21(19)27-3)24-17-6-4-12(22)8-15(17)16-9-13(23)5-7-18(16)24/h4-11H,1-3H3. The van der Waals surface area contributed by atoms with Crippen LogP contribution in [0.25, 0.3) is 27.5 Å². The molecule has 4 rings (SSSR count). The normalized spacial score (nSPS) is 11.1. The van der Waals surface area contributed by atoms with Gasteiger partial charge in [0.05, 0.1) is 38.1 Å². The molecule has 138 valence electrons. The van der Waals surface area contributed by atoms with Crippen LogP contribution in [0.2, 0.25) is 0 Å². The molecule has 4 aromatic rings. The number of methoxy groups -OCH3 is 3. The van der Waals surface area contributed by atoms with E-state index in [1.165, 1.54) is 0 Å². The topological polar surface area (TPSA) is 32.6 Å². The van der Waals surface area contributed by atoms with E-state index in [1.807, 2.05) is 24.3 Å². The van der Waals surface area contributed by atoms with Gasteiger partial charge in [-0.05, 0) is 36.4 Å². The van der Waals surface area contributed by atoms with Crippen molar-refractivity contribution in [3.63, 3.8) is 0 Å². The number of rotatable bonds is 4. The number of ether oxygens (including phenoxy) is 3. The molecule has 0 aliphatic carbocycles. The third kappa shape index (κ3) is 2.97. The highest BCUT2D eigenvalue weighted by atomic mass is 79.9. The van der Waals surface area contributed by atoms with Crippen LogP contribution >= 0.6 is 31.9 Å². The lowest BCUT2D eigenvalue weighted by atomic mass is 10.2. The van der Waals surface area contributed by atoms with Crippen molar-refractivity contribution >= 4 is 53.7 Å². The maximum Gasteiger partial charge on any atom is 0.203 e. The van der Waals surface area contributed by atoms with Crippen LogP contribution in [0.5, 0.6) is 17.2 Å². The summed E-state index contributed by atoms with van der Waals surface area (Å²) in [5.41, 5.74) is 3.13. The molecule has 0 radical (unpaired) electrons. The van der Waals surface area contributed by atoms with Gasteiger partial charge in [-0.3, -0.25) is 0 Å². The lowest BCUT2D eigenvalue weighted by Crippen LogP contribution is -1.99.